The molecule has 20 heavy (non-hydrogen) atoms. The molecule has 3 rings (SSSR count). The van der Waals surface area contributed by atoms with Gasteiger partial charge in [0.25, 0.3) is 0 Å². The summed E-state index contributed by atoms with van der Waals surface area (Å²) >= 11 is 0. The molecule has 0 fully saturated rings. The molecule has 0 bridgehead atoms. The van der Waals surface area contributed by atoms with Gasteiger partial charge in [-0.1, -0.05) is 0 Å². The van der Waals surface area contributed by atoms with Crippen molar-refractivity contribution in [2.24, 2.45) is 0 Å². The summed E-state index contributed by atoms with van der Waals surface area (Å²) in [4.78, 5) is 23.3. The number of aromatic carboxylic acids is 1. The molecule has 0 unspecified atom stereocenters. The van der Waals surface area contributed by atoms with Crippen LogP contribution in [-0.2, 0) is 0 Å². The molecule has 1 aliphatic heterocycles. The van der Waals surface area contributed by atoms with Crippen molar-refractivity contribution in [2.45, 2.75) is 19.9 Å². The SMILES string of the molecule is CC(C)n1nc(C(=O)O)c(=O)c2cc3c(cc21)OCO3. The molecule has 0 radical (unpaired) electrons. The summed E-state index contributed by atoms with van der Waals surface area (Å²) in [6.45, 7) is 3.79. The highest BCUT2D eigenvalue weighted by atomic mass is 16.7. The monoisotopic (exact) mass is 276 g/mol. The molecule has 1 aromatic carbocycles. The molecule has 0 saturated heterocycles. The maximum absolute atomic E-state index is 12.2. The normalized spacial score (nSPS) is 13.2. The van der Waals surface area contributed by atoms with Crippen molar-refractivity contribution in [2.75, 3.05) is 6.79 Å². The zero-order valence-electron chi connectivity index (χ0n) is 10.9. The minimum Gasteiger partial charge on any atom is -0.476 e. The van der Waals surface area contributed by atoms with Crippen molar-refractivity contribution in [3.63, 3.8) is 0 Å². The Hall–Kier alpha value is -2.57. The van der Waals surface area contributed by atoms with Crippen LogP contribution in [0.15, 0.2) is 16.9 Å². The third-order valence-corrected chi connectivity index (χ3v) is 3.10. The molecule has 2 heterocycles. The second-order valence-corrected chi connectivity index (χ2v) is 4.74. The van der Waals surface area contributed by atoms with E-state index in [1.54, 1.807) is 6.07 Å². The predicted octanol–water partition coefficient (Wildman–Crippen LogP) is 1.40. The van der Waals surface area contributed by atoms with Gasteiger partial charge in [0.05, 0.1) is 10.9 Å². The summed E-state index contributed by atoms with van der Waals surface area (Å²) in [7, 11) is 0. The van der Waals surface area contributed by atoms with Crippen LogP contribution in [0.2, 0.25) is 0 Å². The van der Waals surface area contributed by atoms with Gasteiger partial charge in [0.15, 0.2) is 11.5 Å². The highest BCUT2D eigenvalue weighted by Crippen LogP contribution is 2.35. The van der Waals surface area contributed by atoms with Gasteiger partial charge < -0.3 is 14.6 Å². The first-order valence-corrected chi connectivity index (χ1v) is 6.08. The molecule has 1 aromatic heterocycles. The fraction of sp³-hybridized carbons (Fsp3) is 0.308. The molecule has 0 amide bonds. The van der Waals surface area contributed by atoms with Gasteiger partial charge in [0, 0.05) is 12.1 Å². The minimum absolute atomic E-state index is 0.0841. The largest absolute Gasteiger partial charge is 0.476 e. The van der Waals surface area contributed by atoms with Crippen LogP contribution in [0, 0.1) is 0 Å². The fourth-order valence-electron chi connectivity index (χ4n) is 2.17. The zero-order valence-corrected chi connectivity index (χ0v) is 10.9. The molecule has 1 N–H and O–H groups in total. The number of nitrogens with zero attached hydrogens (tertiary/aromatic N) is 2. The van der Waals surface area contributed by atoms with Crippen molar-refractivity contribution >= 4 is 16.9 Å². The second kappa shape index (κ2) is 4.22. The number of carboxylic acid groups (broad SMARTS) is 1. The molecule has 1 aliphatic rings. The smallest absolute Gasteiger partial charge is 0.360 e. The number of carboxylic acids is 1. The van der Waals surface area contributed by atoms with E-state index in [4.69, 9.17) is 14.6 Å². The second-order valence-electron chi connectivity index (χ2n) is 4.74. The Labute approximate surface area is 113 Å². The number of rotatable bonds is 2. The number of carbonyl (C=O) groups is 1. The number of hydrogen-bond donors (Lipinski definition) is 1. The topological polar surface area (TPSA) is 90.7 Å². The third-order valence-electron chi connectivity index (χ3n) is 3.10. The van der Waals surface area contributed by atoms with E-state index in [-0.39, 0.29) is 18.2 Å². The third kappa shape index (κ3) is 1.70. The molecule has 0 atom stereocenters. The van der Waals surface area contributed by atoms with Crippen LogP contribution in [0.25, 0.3) is 10.9 Å². The average molecular weight is 276 g/mol. The van der Waals surface area contributed by atoms with Crippen LogP contribution in [0.3, 0.4) is 0 Å². The van der Waals surface area contributed by atoms with Crippen LogP contribution in [0.4, 0.5) is 0 Å². The van der Waals surface area contributed by atoms with E-state index < -0.39 is 17.1 Å². The van der Waals surface area contributed by atoms with Crippen molar-refractivity contribution < 1.29 is 19.4 Å². The summed E-state index contributed by atoms with van der Waals surface area (Å²) in [5.74, 6) is -0.382. The Balaban J connectivity index is 2.44. The highest BCUT2D eigenvalue weighted by molar-refractivity contribution is 5.91. The lowest BCUT2D eigenvalue weighted by atomic mass is 10.1. The predicted molar refractivity (Wildman–Crippen MR) is 69.5 cm³/mol. The molecule has 0 saturated carbocycles. The number of benzene rings is 1. The van der Waals surface area contributed by atoms with Gasteiger partial charge in [-0.15, -0.1) is 0 Å². The Bertz CT molecular complexity index is 778. The van der Waals surface area contributed by atoms with E-state index in [0.717, 1.165) is 0 Å². The molecule has 7 heteroatoms. The van der Waals surface area contributed by atoms with Gasteiger partial charge >= 0.3 is 5.97 Å². The number of fused-ring (bicyclic) bond motifs is 2. The summed E-state index contributed by atoms with van der Waals surface area (Å²) in [5, 5.41) is 13.3. The molecule has 2 aromatic rings. The Morgan fingerprint density at radius 1 is 1.35 bits per heavy atom. The maximum Gasteiger partial charge on any atom is 0.360 e. The summed E-state index contributed by atoms with van der Waals surface area (Å²) in [6.07, 6.45) is 0. The van der Waals surface area contributed by atoms with Gasteiger partial charge in [-0.3, -0.25) is 9.48 Å². The Morgan fingerprint density at radius 3 is 2.60 bits per heavy atom. The average Bonchev–Trinajstić information content (AvgIpc) is 2.83. The lowest BCUT2D eigenvalue weighted by molar-refractivity contribution is 0.0686. The van der Waals surface area contributed by atoms with Crippen LogP contribution in [0.5, 0.6) is 11.5 Å². The van der Waals surface area contributed by atoms with E-state index in [2.05, 4.69) is 5.10 Å². The fourth-order valence-corrected chi connectivity index (χ4v) is 2.17. The standard InChI is InChI=1S/C13H12N2O5/c1-6(2)15-8-4-10-9(19-5-20-10)3-7(8)12(16)11(14-15)13(17)18/h3-4,6H,5H2,1-2H3,(H,17,18). The lowest BCUT2D eigenvalue weighted by Crippen LogP contribution is -2.23. The summed E-state index contributed by atoms with van der Waals surface area (Å²) < 4.78 is 12.0. The van der Waals surface area contributed by atoms with E-state index in [1.165, 1.54) is 10.7 Å². The van der Waals surface area contributed by atoms with Gasteiger partial charge in [-0.25, -0.2) is 4.79 Å². The Morgan fingerprint density at radius 2 is 2.00 bits per heavy atom. The molecular weight excluding hydrogens is 264 g/mol. The summed E-state index contributed by atoms with van der Waals surface area (Å²) in [6, 6.07) is 3.06. The molecule has 0 spiro atoms. The first-order valence-electron chi connectivity index (χ1n) is 6.08. The highest BCUT2D eigenvalue weighted by Gasteiger charge is 2.22. The minimum atomic E-state index is -1.34. The number of ether oxygens (including phenoxy) is 2. The number of hydrogen-bond acceptors (Lipinski definition) is 5. The quantitative estimate of drug-likeness (QED) is 0.891. The zero-order chi connectivity index (χ0) is 14.4. The van der Waals surface area contributed by atoms with Crippen molar-refractivity contribution in [1.29, 1.82) is 0 Å². The molecule has 7 nitrogen and oxygen atoms in total. The van der Waals surface area contributed by atoms with Crippen molar-refractivity contribution in [3.05, 3.63) is 28.0 Å². The Kier molecular flexibility index (Phi) is 2.63. The lowest BCUT2D eigenvalue weighted by Gasteiger charge is -2.14. The van der Waals surface area contributed by atoms with Crippen LogP contribution in [-0.4, -0.2) is 27.6 Å². The van der Waals surface area contributed by atoms with Gasteiger partial charge in [-0.2, -0.15) is 5.10 Å². The van der Waals surface area contributed by atoms with Gasteiger partial charge in [-0.05, 0) is 19.9 Å². The van der Waals surface area contributed by atoms with Crippen molar-refractivity contribution in [1.82, 2.24) is 9.78 Å². The maximum atomic E-state index is 12.2. The first kappa shape index (κ1) is 12.5. The first-order chi connectivity index (χ1) is 9.49. The van der Waals surface area contributed by atoms with Crippen LogP contribution in [0.1, 0.15) is 30.4 Å². The molecular formula is C13H12N2O5. The van der Waals surface area contributed by atoms with E-state index in [9.17, 15) is 9.59 Å². The van der Waals surface area contributed by atoms with Crippen molar-refractivity contribution in [3.8, 4) is 11.5 Å². The van der Waals surface area contributed by atoms with Crippen LogP contribution >= 0.6 is 0 Å². The van der Waals surface area contributed by atoms with E-state index in [0.29, 0.717) is 17.0 Å². The molecule has 0 aliphatic carbocycles. The van der Waals surface area contributed by atoms with Gasteiger partial charge in [0.2, 0.25) is 17.9 Å². The number of aromatic nitrogens is 2. The summed E-state index contributed by atoms with van der Waals surface area (Å²) in [5.41, 5.74) is -0.591. The van der Waals surface area contributed by atoms with E-state index in [1.807, 2.05) is 13.8 Å². The molecule has 104 valence electrons. The van der Waals surface area contributed by atoms with Gasteiger partial charge in [0.1, 0.15) is 0 Å². The van der Waals surface area contributed by atoms with Crippen LogP contribution < -0.4 is 14.9 Å². The van der Waals surface area contributed by atoms with E-state index >= 15 is 0 Å².